The maximum absolute atomic E-state index is 13.4. The number of nitrogens with one attached hydrogen (secondary N) is 1. The van der Waals surface area contributed by atoms with Crippen molar-refractivity contribution in [3.05, 3.63) is 35.1 Å². The highest BCUT2D eigenvalue weighted by Crippen LogP contribution is 2.13. The van der Waals surface area contributed by atoms with Crippen molar-refractivity contribution in [3.8, 4) is 0 Å². The Bertz CT molecular complexity index is 388. The Morgan fingerprint density at radius 1 is 1.41 bits per heavy atom. The normalized spacial score (nSPS) is 10.9. The number of halogens is 1. The van der Waals surface area contributed by atoms with E-state index in [4.69, 9.17) is 0 Å². The van der Waals surface area contributed by atoms with E-state index in [1.807, 2.05) is 6.92 Å². The molecular weight excluding hydrogens is 217 g/mol. The van der Waals surface area contributed by atoms with Crippen molar-refractivity contribution >= 4 is 5.78 Å². The SMILES string of the molecule is Cc1ccc(F)c(C(=O)CCCNC(C)C)c1. The number of carbonyl (C=O) groups is 1. The maximum Gasteiger partial charge on any atom is 0.165 e. The highest BCUT2D eigenvalue weighted by atomic mass is 19.1. The van der Waals surface area contributed by atoms with Crippen LogP contribution in [0, 0.1) is 12.7 Å². The summed E-state index contributed by atoms with van der Waals surface area (Å²) in [5.74, 6) is -0.533. The van der Waals surface area contributed by atoms with E-state index < -0.39 is 5.82 Å². The lowest BCUT2D eigenvalue weighted by molar-refractivity contribution is 0.0975. The molecule has 0 saturated carbocycles. The van der Waals surface area contributed by atoms with Crippen molar-refractivity contribution in [1.29, 1.82) is 0 Å². The van der Waals surface area contributed by atoms with Gasteiger partial charge in [-0.2, -0.15) is 0 Å². The molecule has 0 radical (unpaired) electrons. The highest BCUT2D eigenvalue weighted by Gasteiger charge is 2.11. The maximum atomic E-state index is 13.4. The van der Waals surface area contributed by atoms with Crippen LogP contribution in [-0.2, 0) is 0 Å². The molecule has 0 aliphatic carbocycles. The molecule has 0 aromatic heterocycles. The zero-order valence-electron chi connectivity index (χ0n) is 10.7. The Morgan fingerprint density at radius 3 is 2.76 bits per heavy atom. The van der Waals surface area contributed by atoms with Crippen LogP contribution in [0.25, 0.3) is 0 Å². The summed E-state index contributed by atoms with van der Waals surface area (Å²) >= 11 is 0. The zero-order chi connectivity index (χ0) is 12.8. The zero-order valence-corrected chi connectivity index (χ0v) is 10.7. The first-order chi connectivity index (χ1) is 8.00. The Hall–Kier alpha value is -1.22. The van der Waals surface area contributed by atoms with Gasteiger partial charge in [0.25, 0.3) is 0 Å². The summed E-state index contributed by atoms with van der Waals surface area (Å²) in [6.45, 7) is 6.76. The molecule has 0 atom stereocenters. The third kappa shape index (κ3) is 4.65. The van der Waals surface area contributed by atoms with Gasteiger partial charge >= 0.3 is 0 Å². The first-order valence-corrected chi connectivity index (χ1v) is 6.03. The molecule has 2 nitrogen and oxygen atoms in total. The summed E-state index contributed by atoms with van der Waals surface area (Å²) < 4.78 is 13.4. The molecule has 1 aromatic rings. The van der Waals surface area contributed by atoms with Crippen molar-refractivity contribution in [3.63, 3.8) is 0 Å². The smallest absolute Gasteiger partial charge is 0.165 e. The van der Waals surface area contributed by atoms with Crippen LogP contribution in [0.5, 0.6) is 0 Å². The van der Waals surface area contributed by atoms with Crippen LogP contribution in [0.2, 0.25) is 0 Å². The van der Waals surface area contributed by atoms with Gasteiger partial charge < -0.3 is 5.32 Å². The molecule has 3 heteroatoms. The minimum Gasteiger partial charge on any atom is -0.315 e. The molecule has 0 amide bonds. The average molecular weight is 237 g/mol. The van der Waals surface area contributed by atoms with Gasteiger partial charge in [0.05, 0.1) is 5.56 Å². The van der Waals surface area contributed by atoms with Gasteiger partial charge in [0.15, 0.2) is 5.78 Å². The quantitative estimate of drug-likeness (QED) is 0.608. The van der Waals surface area contributed by atoms with E-state index in [1.54, 1.807) is 12.1 Å². The number of rotatable bonds is 6. The summed E-state index contributed by atoms with van der Waals surface area (Å²) in [6.07, 6.45) is 1.13. The lowest BCUT2D eigenvalue weighted by Crippen LogP contribution is -2.24. The minimum atomic E-state index is -0.419. The van der Waals surface area contributed by atoms with Crippen LogP contribution < -0.4 is 5.32 Å². The Labute approximate surface area is 102 Å². The summed E-state index contributed by atoms with van der Waals surface area (Å²) in [6, 6.07) is 5.07. The Balaban J connectivity index is 2.49. The number of benzene rings is 1. The molecule has 0 aliphatic rings. The number of hydrogen-bond acceptors (Lipinski definition) is 2. The molecule has 0 aliphatic heterocycles. The average Bonchev–Trinajstić information content (AvgIpc) is 2.27. The first kappa shape index (κ1) is 13.8. The molecule has 1 N–H and O–H groups in total. The van der Waals surface area contributed by atoms with E-state index >= 15 is 0 Å². The molecule has 0 spiro atoms. The van der Waals surface area contributed by atoms with Gasteiger partial charge in [0.1, 0.15) is 5.82 Å². The second kappa shape index (κ2) is 6.50. The van der Waals surface area contributed by atoms with Crippen LogP contribution in [0.3, 0.4) is 0 Å². The molecule has 0 heterocycles. The lowest BCUT2D eigenvalue weighted by Gasteiger charge is -2.07. The number of Topliss-reactive ketones (excluding diaryl/α,β-unsaturated/α-hetero) is 1. The Morgan fingerprint density at radius 2 is 2.12 bits per heavy atom. The third-order valence-electron chi connectivity index (χ3n) is 2.56. The predicted octanol–water partition coefficient (Wildman–Crippen LogP) is 3.10. The number of aryl methyl sites for hydroxylation is 1. The van der Waals surface area contributed by atoms with Gasteiger partial charge in [0, 0.05) is 12.5 Å². The predicted molar refractivity (Wildman–Crippen MR) is 67.8 cm³/mol. The molecular formula is C14H20FNO. The van der Waals surface area contributed by atoms with E-state index in [1.165, 1.54) is 6.07 Å². The highest BCUT2D eigenvalue weighted by molar-refractivity contribution is 5.96. The Kier molecular flexibility index (Phi) is 5.29. The van der Waals surface area contributed by atoms with Crippen LogP contribution in [0.1, 0.15) is 42.6 Å². The van der Waals surface area contributed by atoms with Crippen LogP contribution in [0.4, 0.5) is 4.39 Å². The fraction of sp³-hybridized carbons (Fsp3) is 0.500. The number of hydrogen-bond donors (Lipinski definition) is 1. The van der Waals surface area contributed by atoms with Crippen molar-refractivity contribution in [1.82, 2.24) is 5.32 Å². The molecule has 94 valence electrons. The largest absolute Gasteiger partial charge is 0.315 e. The van der Waals surface area contributed by atoms with Crippen LogP contribution in [-0.4, -0.2) is 18.4 Å². The van der Waals surface area contributed by atoms with E-state index in [-0.39, 0.29) is 11.3 Å². The molecule has 0 saturated heterocycles. The summed E-state index contributed by atoms with van der Waals surface area (Å²) in [7, 11) is 0. The van der Waals surface area contributed by atoms with Gasteiger partial charge in [0.2, 0.25) is 0 Å². The number of ketones is 1. The molecule has 1 aromatic carbocycles. The molecule has 1 rings (SSSR count). The first-order valence-electron chi connectivity index (χ1n) is 6.03. The van der Waals surface area contributed by atoms with Crippen molar-refractivity contribution in [2.75, 3.05) is 6.54 Å². The fourth-order valence-electron chi connectivity index (χ4n) is 1.63. The molecule has 17 heavy (non-hydrogen) atoms. The van der Waals surface area contributed by atoms with Crippen molar-refractivity contribution in [2.45, 2.75) is 39.7 Å². The van der Waals surface area contributed by atoms with Gasteiger partial charge in [-0.15, -0.1) is 0 Å². The topological polar surface area (TPSA) is 29.1 Å². The fourth-order valence-corrected chi connectivity index (χ4v) is 1.63. The standard InChI is InChI=1S/C14H20FNO/c1-10(2)16-8-4-5-14(17)12-9-11(3)6-7-13(12)15/h6-7,9-10,16H,4-5,8H2,1-3H3. The second-order valence-corrected chi connectivity index (χ2v) is 4.62. The summed E-state index contributed by atoms with van der Waals surface area (Å²) in [5, 5.41) is 3.23. The lowest BCUT2D eigenvalue weighted by atomic mass is 10.0. The molecule has 0 bridgehead atoms. The molecule has 0 fully saturated rings. The number of carbonyl (C=O) groups excluding carboxylic acids is 1. The van der Waals surface area contributed by atoms with Crippen LogP contribution >= 0.6 is 0 Å². The minimum absolute atomic E-state index is 0.114. The van der Waals surface area contributed by atoms with E-state index in [2.05, 4.69) is 19.2 Å². The molecule has 0 unspecified atom stereocenters. The summed E-state index contributed by atoms with van der Waals surface area (Å²) in [5.41, 5.74) is 1.13. The van der Waals surface area contributed by atoms with E-state index in [0.29, 0.717) is 12.5 Å². The monoisotopic (exact) mass is 237 g/mol. The van der Waals surface area contributed by atoms with E-state index in [9.17, 15) is 9.18 Å². The van der Waals surface area contributed by atoms with Crippen molar-refractivity contribution < 1.29 is 9.18 Å². The van der Waals surface area contributed by atoms with Gasteiger partial charge in [-0.1, -0.05) is 25.5 Å². The van der Waals surface area contributed by atoms with E-state index in [0.717, 1.165) is 18.5 Å². The second-order valence-electron chi connectivity index (χ2n) is 4.62. The third-order valence-corrected chi connectivity index (χ3v) is 2.56. The van der Waals surface area contributed by atoms with Crippen LogP contribution in [0.15, 0.2) is 18.2 Å². The summed E-state index contributed by atoms with van der Waals surface area (Å²) in [4.78, 5) is 11.8. The van der Waals surface area contributed by atoms with Gasteiger partial charge in [-0.05, 0) is 32.0 Å². The van der Waals surface area contributed by atoms with Gasteiger partial charge in [-0.3, -0.25) is 4.79 Å². The van der Waals surface area contributed by atoms with Gasteiger partial charge in [-0.25, -0.2) is 4.39 Å². The van der Waals surface area contributed by atoms with Crippen molar-refractivity contribution in [2.24, 2.45) is 0 Å².